The SMILES string of the molecule is Nc1ccc(F)c(F)c1NC(=O)CCc1ccccc1. The molecule has 3 nitrogen and oxygen atoms in total. The molecule has 0 aliphatic heterocycles. The van der Waals surface area contributed by atoms with Crippen LogP contribution in [0.15, 0.2) is 42.5 Å². The molecule has 0 unspecified atom stereocenters. The first-order valence-corrected chi connectivity index (χ1v) is 6.15. The molecule has 0 heterocycles. The molecule has 2 rings (SSSR count). The molecule has 1 amide bonds. The summed E-state index contributed by atoms with van der Waals surface area (Å²) in [6.45, 7) is 0. The van der Waals surface area contributed by atoms with E-state index in [1.165, 1.54) is 6.07 Å². The van der Waals surface area contributed by atoms with Crippen molar-refractivity contribution in [2.75, 3.05) is 11.1 Å². The summed E-state index contributed by atoms with van der Waals surface area (Å²) in [6, 6.07) is 11.5. The largest absolute Gasteiger partial charge is 0.397 e. The van der Waals surface area contributed by atoms with Gasteiger partial charge in [-0.3, -0.25) is 4.79 Å². The normalized spacial score (nSPS) is 10.3. The van der Waals surface area contributed by atoms with Gasteiger partial charge in [-0.2, -0.15) is 0 Å². The number of nitrogens with one attached hydrogen (secondary N) is 1. The molecule has 0 spiro atoms. The molecule has 0 aliphatic rings. The van der Waals surface area contributed by atoms with Gasteiger partial charge in [-0.25, -0.2) is 8.78 Å². The number of nitrogen functional groups attached to an aromatic ring is 1. The molecule has 5 heteroatoms. The monoisotopic (exact) mass is 276 g/mol. The Morgan fingerprint density at radius 2 is 1.80 bits per heavy atom. The third kappa shape index (κ3) is 3.32. The van der Waals surface area contributed by atoms with Crippen molar-refractivity contribution in [3.8, 4) is 0 Å². The quantitative estimate of drug-likeness (QED) is 0.843. The van der Waals surface area contributed by atoms with Gasteiger partial charge in [-0.05, 0) is 24.1 Å². The Hall–Kier alpha value is -2.43. The molecule has 0 atom stereocenters. The zero-order chi connectivity index (χ0) is 14.5. The summed E-state index contributed by atoms with van der Waals surface area (Å²) in [4.78, 5) is 11.7. The van der Waals surface area contributed by atoms with Crippen LogP contribution < -0.4 is 11.1 Å². The Balaban J connectivity index is 2.00. The van der Waals surface area contributed by atoms with Crippen LogP contribution in [-0.2, 0) is 11.2 Å². The van der Waals surface area contributed by atoms with E-state index in [9.17, 15) is 13.6 Å². The summed E-state index contributed by atoms with van der Waals surface area (Å²) in [6.07, 6.45) is 0.683. The highest BCUT2D eigenvalue weighted by atomic mass is 19.2. The van der Waals surface area contributed by atoms with Crippen molar-refractivity contribution in [1.29, 1.82) is 0 Å². The van der Waals surface area contributed by atoms with Crippen molar-refractivity contribution in [1.82, 2.24) is 0 Å². The fourth-order valence-electron chi connectivity index (χ4n) is 1.80. The summed E-state index contributed by atoms with van der Waals surface area (Å²) in [5, 5.41) is 2.31. The smallest absolute Gasteiger partial charge is 0.224 e. The number of carbonyl (C=O) groups excluding carboxylic acids is 1. The van der Waals surface area contributed by atoms with E-state index >= 15 is 0 Å². The third-order valence-electron chi connectivity index (χ3n) is 2.88. The standard InChI is InChI=1S/C15H14F2N2O/c16-11-7-8-12(18)15(14(11)17)19-13(20)9-6-10-4-2-1-3-5-10/h1-5,7-8H,6,9,18H2,(H,19,20). The Morgan fingerprint density at radius 1 is 1.10 bits per heavy atom. The molecule has 0 aliphatic carbocycles. The lowest BCUT2D eigenvalue weighted by Gasteiger charge is -2.09. The van der Waals surface area contributed by atoms with Gasteiger partial charge in [-0.1, -0.05) is 30.3 Å². The lowest BCUT2D eigenvalue weighted by Crippen LogP contribution is -2.15. The van der Waals surface area contributed by atoms with Crippen molar-refractivity contribution in [2.45, 2.75) is 12.8 Å². The maximum Gasteiger partial charge on any atom is 0.224 e. The van der Waals surface area contributed by atoms with Crippen LogP contribution in [0.25, 0.3) is 0 Å². The summed E-state index contributed by atoms with van der Waals surface area (Å²) in [7, 11) is 0. The second-order valence-corrected chi connectivity index (χ2v) is 4.36. The van der Waals surface area contributed by atoms with Crippen LogP contribution in [-0.4, -0.2) is 5.91 Å². The van der Waals surface area contributed by atoms with E-state index in [4.69, 9.17) is 5.73 Å². The third-order valence-corrected chi connectivity index (χ3v) is 2.88. The van der Waals surface area contributed by atoms with Gasteiger partial charge in [0.2, 0.25) is 5.91 Å². The molecule has 0 saturated carbocycles. The summed E-state index contributed by atoms with van der Waals surface area (Å²) >= 11 is 0. The van der Waals surface area contributed by atoms with Gasteiger partial charge in [-0.15, -0.1) is 0 Å². The van der Waals surface area contributed by atoms with E-state index in [2.05, 4.69) is 5.32 Å². The first-order valence-electron chi connectivity index (χ1n) is 6.15. The Kier molecular flexibility index (Phi) is 4.30. The number of rotatable bonds is 4. The Morgan fingerprint density at radius 3 is 2.50 bits per heavy atom. The van der Waals surface area contributed by atoms with Crippen LogP contribution in [0.5, 0.6) is 0 Å². The second kappa shape index (κ2) is 6.14. The maximum absolute atomic E-state index is 13.5. The van der Waals surface area contributed by atoms with Gasteiger partial charge in [0.05, 0.1) is 5.69 Å². The fourth-order valence-corrected chi connectivity index (χ4v) is 1.80. The molecule has 0 fully saturated rings. The zero-order valence-electron chi connectivity index (χ0n) is 10.7. The first kappa shape index (κ1) is 14.0. The minimum Gasteiger partial charge on any atom is -0.397 e. The molecule has 2 aromatic carbocycles. The molecule has 0 saturated heterocycles. The van der Waals surface area contributed by atoms with Crippen LogP contribution in [0.2, 0.25) is 0 Å². The number of carbonyl (C=O) groups is 1. The number of aryl methyl sites for hydroxylation is 1. The highest BCUT2D eigenvalue weighted by molar-refractivity contribution is 5.94. The van der Waals surface area contributed by atoms with Crippen molar-refractivity contribution < 1.29 is 13.6 Å². The van der Waals surface area contributed by atoms with Gasteiger partial charge in [0, 0.05) is 6.42 Å². The van der Waals surface area contributed by atoms with Crippen LogP contribution in [0.4, 0.5) is 20.2 Å². The minimum absolute atomic E-state index is 0.00281. The van der Waals surface area contributed by atoms with Crippen molar-refractivity contribution in [3.05, 3.63) is 59.7 Å². The van der Waals surface area contributed by atoms with E-state index < -0.39 is 17.5 Å². The van der Waals surface area contributed by atoms with Crippen molar-refractivity contribution >= 4 is 17.3 Å². The lowest BCUT2D eigenvalue weighted by molar-refractivity contribution is -0.116. The summed E-state index contributed by atoms with van der Waals surface area (Å²) in [5.41, 5.74) is 6.21. The van der Waals surface area contributed by atoms with E-state index in [1.807, 2.05) is 30.3 Å². The van der Waals surface area contributed by atoms with Gasteiger partial charge < -0.3 is 11.1 Å². The molecule has 0 aromatic heterocycles. The number of hydrogen-bond donors (Lipinski definition) is 2. The Bertz CT molecular complexity index is 615. The van der Waals surface area contributed by atoms with E-state index in [0.717, 1.165) is 11.6 Å². The molecule has 2 aromatic rings. The number of hydrogen-bond acceptors (Lipinski definition) is 2. The number of benzene rings is 2. The second-order valence-electron chi connectivity index (χ2n) is 4.36. The molecular weight excluding hydrogens is 262 g/mol. The van der Waals surface area contributed by atoms with Crippen LogP contribution in [0.3, 0.4) is 0 Å². The summed E-state index contributed by atoms with van der Waals surface area (Å²) in [5.74, 6) is -2.60. The molecule has 20 heavy (non-hydrogen) atoms. The van der Waals surface area contributed by atoms with Crippen molar-refractivity contribution in [2.24, 2.45) is 0 Å². The number of halogens is 2. The molecule has 104 valence electrons. The lowest BCUT2D eigenvalue weighted by atomic mass is 10.1. The minimum atomic E-state index is -1.14. The van der Waals surface area contributed by atoms with Crippen LogP contribution in [0, 0.1) is 11.6 Å². The van der Waals surface area contributed by atoms with Crippen LogP contribution in [0.1, 0.15) is 12.0 Å². The highest BCUT2D eigenvalue weighted by Gasteiger charge is 2.14. The van der Waals surface area contributed by atoms with E-state index in [-0.39, 0.29) is 17.8 Å². The average molecular weight is 276 g/mol. The zero-order valence-corrected chi connectivity index (χ0v) is 10.7. The van der Waals surface area contributed by atoms with E-state index in [1.54, 1.807) is 0 Å². The first-order chi connectivity index (χ1) is 9.58. The molecular formula is C15H14F2N2O. The average Bonchev–Trinajstić information content (AvgIpc) is 2.46. The molecule has 3 N–H and O–H groups in total. The maximum atomic E-state index is 13.5. The van der Waals surface area contributed by atoms with Crippen LogP contribution >= 0.6 is 0 Å². The number of anilines is 2. The van der Waals surface area contributed by atoms with Gasteiger partial charge >= 0.3 is 0 Å². The van der Waals surface area contributed by atoms with Crippen molar-refractivity contribution in [3.63, 3.8) is 0 Å². The van der Waals surface area contributed by atoms with E-state index in [0.29, 0.717) is 6.42 Å². The number of nitrogens with two attached hydrogens (primary N) is 1. The topological polar surface area (TPSA) is 55.1 Å². The molecule has 0 bridgehead atoms. The van der Waals surface area contributed by atoms with Gasteiger partial charge in [0.25, 0.3) is 0 Å². The fraction of sp³-hybridized carbons (Fsp3) is 0.133. The predicted octanol–water partition coefficient (Wildman–Crippen LogP) is 3.12. The summed E-state index contributed by atoms with van der Waals surface area (Å²) < 4.78 is 26.6. The van der Waals surface area contributed by atoms with Gasteiger partial charge in [0.15, 0.2) is 11.6 Å². The Labute approximate surface area is 115 Å². The highest BCUT2D eigenvalue weighted by Crippen LogP contribution is 2.24. The molecule has 0 radical (unpaired) electrons. The number of amides is 1. The predicted molar refractivity (Wildman–Crippen MR) is 74.2 cm³/mol. The van der Waals surface area contributed by atoms with Gasteiger partial charge in [0.1, 0.15) is 5.69 Å².